The fourth-order valence-electron chi connectivity index (χ4n) is 5.66. The van der Waals surface area contributed by atoms with E-state index in [1.165, 1.54) is 24.8 Å². The van der Waals surface area contributed by atoms with Gasteiger partial charge in [0.05, 0.1) is 5.35 Å². The molecule has 3 N–H and O–H groups in total. The lowest BCUT2D eigenvalue weighted by molar-refractivity contribution is 0.400. The summed E-state index contributed by atoms with van der Waals surface area (Å²) >= 11 is 0. The molecule has 0 spiro atoms. The molecule has 3 aromatic heterocycles. The average molecular weight is 465 g/mol. The molecular formula is C29H32N6. The van der Waals surface area contributed by atoms with Crippen molar-refractivity contribution in [3.05, 3.63) is 59.8 Å². The number of hydrogen-bond donors (Lipinski definition) is 2. The van der Waals surface area contributed by atoms with Crippen LogP contribution < -0.4 is 21.2 Å². The number of para-hydroxylation sites is 1. The molecule has 0 amide bonds. The molecule has 1 aromatic carbocycles. The Hall–Kier alpha value is -3.51. The molecule has 6 rings (SSSR count). The molecule has 4 heterocycles. The lowest BCUT2D eigenvalue weighted by atomic mass is 9.79. The highest BCUT2D eigenvalue weighted by Crippen LogP contribution is 2.35. The highest BCUT2D eigenvalue weighted by molar-refractivity contribution is 6.12. The minimum absolute atomic E-state index is 0.493. The van der Waals surface area contributed by atoms with Gasteiger partial charge in [-0.05, 0) is 62.3 Å². The van der Waals surface area contributed by atoms with Gasteiger partial charge in [0.2, 0.25) is 0 Å². The first kappa shape index (κ1) is 22.0. The predicted molar refractivity (Wildman–Crippen MR) is 144 cm³/mol. The van der Waals surface area contributed by atoms with Gasteiger partial charge in [-0.15, -0.1) is 0 Å². The summed E-state index contributed by atoms with van der Waals surface area (Å²) in [5.74, 6) is 2.79. The summed E-state index contributed by atoms with van der Waals surface area (Å²) in [6.07, 6.45) is 10.8. The van der Waals surface area contributed by atoms with Gasteiger partial charge in [-0.25, -0.2) is 15.0 Å². The van der Waals surface area contributed by atoms with Gasteiger partial charge < -0.3 is 15.6 Å². The van der Waals surface area contributed by atoms with Gasteiger partial charge in [0, 0.05) is 46.4 Å². The Morgan fingerprint density at radius 1 is 1.20 bits per heavy atom. The Labute approximate surface area is 205 Å². The number of rotatable bonds is 5. The average Bonchev–Trinajstić information content (AvgIpc) is 3.50. The molecular weight excluding hydrogens is 432 g/mol. The number of nitrogens with zero attached hydrogens (tertiary/aromatic N) is 4. The van der Waals surface area contributed by atoms with Gasteiger partial charge in [-0.1, -0.05) is 43.4 Å². The molecule has 2 fully saturated rings. The zero-order chi connectivity index (χ0) is 23.9. The minimum atomic E-state index is 0.493. The number of aromatic nitrogens is 4. The van der Waals surface area contributed by atoms with E-state index in [-0.39, 0.29) is 0 Å². The Kier molecular flexibility index (Phi) is 5.61. The van der Waals surface area contributed by atoms with Crippen molar-refractivity contribution < 1.29 is 0 Å². The van der Waals surface area contributed by atoms with Gasteiger partial charge in [0.25, 0.3) is 0 Å². The van der Waals surface area contributed by atoms with Crippen molar-refractivity contribution in [1.29, 1.82) is 0 Å². The lowest BCUT2D eigenvalue weighted by Gasteiger charge is -2.28. The largest absolute Gasteiger partial charge is 0.356 e. The summed E-state index contributed by atoms with van der Waals surface area (Å²) in [5.41, 5.74) is 10.3. The molecule has 35 heavy (non-hydrogen) atoms. The maximum absolute atomic E-state index is 6.06. The Morgan fingerprint density at radius 3 is 2.77 bits per heavy atom. The molecule has 4 aromatic rings. The number of nitrogens with one attached hydrogen (secondary N) is 1. The topological polar surface area (TPSA) is 83.7 Å². The summed E-state index contributed by atoms with van der Waals surface area (Å²) in [6.45, 7) is 8.87. The van der Waals surface area contributed by atoms with Crippen molar-refractivity contribution in [1.82, 2.24) is 19.9 Å². The number of fused-ring (bicyclic) bond motifs is 3. The van der Waals surface area contributed by atoms with Crippen LogP contribution in [0.3, 0.4) is 0 Å². The highest BCUT2D eigenvalue weighted by atomic mass is 15.2. The second kappa shape index (κ2) is 8.93. The molecule has 1 atom stereocenters. The molecule has 1 aliphatic carbocycles. The van der Waals surface area contributed by atoms with E-state index >= 15 is 0 Å². The third-order valence-corrected chi connectivity index (χ3v) is 7.81. The van der Waals surface area contributed by atoms with Crippen LogP contribution in [0.4, 0.5) is 5.82 Å². The lowest BCUT2D eigenvalue weighted by Crippen LogP contribution is -2.40. The first-order valence-electron chi connectivity index (χ1n) is 12.7. The number of pyridine rings is 1. The van der Waals surface area contributed by atoms with Crippen molar-refractivity contribution in [2.24, 2.45) is 17.6 Å². The van der Waals surface area contributed by atoms with Crippen LogP contribution >= 0.6 is 0 Å². The maximum atomic E-state index is 6.06. The van der Waals surface area contributed by atoms with Crippen LogP contribution in [0.1, 0.15) is 32.6 Å². The molecule has 2 aliphatic rings. The number of allylic oxidation sites excluding steroid dienone is 1. The second-order valence-electron chi connectivity index (χ2n) is 9.80. The van der Waals surface area contributed by atoms with Gasteiger partial charge in [-0.3, -0.25) is 0 Å². The van der Waals surface area contributed by atoms with Crippen LogP contribution in [0.5, 0.6) is 0 Å². The summed E-state index contributed by atoms with van der Waals surface area (Å²) in [6, 6.07) is 10.4. The maximum Gasteiger partial charge on any atom is 0.162 e. The molecule has 0 radical (unpaired) electrons. The van der Waals surface area contributed by atoms with Gasteiger partial charge >= 0.3 is 0 Å². The van der Waals surface area contributed by atoms with E-state index < -0.39 is 0 Å². The van der Waals surface area contributed by atoms with E-state index in [2.05, 4.69) is 52.6 Å². The zero-order valence-corrected chi connectivity index (χ0v) is 20.3. The van der Waals surface area contributed by atoms with Gasteiger partial charge in [0.15, 0.2) is 5.82 Å². The summed E-state index contributed by atoms with van der Waals surface area (Å²) in [4.78, 5) is 20.9. The normalized spacial score (nSPS) is 20.0. The Morgan fingerprint density at radius 2 is 2.06 bits per heavy atom. The molecule has 6 nitrogen and oxygen atoms in total. The number of nitrogens with two attached hydrogens (primary N) is 1. The van der Waals surface area contributed by atoms with Crippen molar-refractivity contribution in [2.75, 3.05) is 24.5 Å². The van der Waals surface area contributed by atoms with E-state index in [9.17, 15) is 0 Å². The van der Waals surface area contributed by atoms with Gasteiger partial charge in [0.1, 0.15) is 11.5 Å². The van der Waals surface area contributed by atoms with Crippen molar-refractivity contribution in [3.63, 3.8) is 0 Å². The van der Waals surface area contributed by atoms with Crippen LogP contribution in [0, 0.1) is 11.8 Å². The summed E-state index contributed by atoms with van der Waals surface area (Å²) in [7, 11) is 0. The quantitative estimate of drug-likeness (QED) is 0.468. The Balaban J connectivity index is 1.65. The number of H-pyrrole nitrogens is 1. The second-order valence-corrected chi connectivity index (χ2v) is 9.80. The predicted octanol–water partition coefficient (Wildman–Crippen LogP) is 3.90. The Bertz CT molecular complexity index is 1540. The minimum Gasteiger partial charge on any atom is -0.356 e. The molecule has 0 unspecified atom stereocenters. The van der Waals surface area contributed by atoms with E-state index in [4.69, 9.17) is 15.7 Å². The van der Waals surface area contributed by atoms with E-state index in [1.807, 2.05) is 24.4 Å². The van der Waals surface area contributed by atoms with Crippen molar-refractivity contribution in [3.8, 4) is 11.4 Å². The monoisotopic (exact) mass is 464 g/mol. The van der Waals surface area contributed by atoms with Crippen LogP contribution in [-0.4, -0.2) is 39.6 Å². The summed E-state index contributed by atoms with van der Waals surface area (Å²) in [5, 5.41) is 4.33. The number of aromatic amines is 1. The van der Waals surface area contributed by atoms with Crippen LogP contribution in [0.2, 0.25) is 0 Å². The number of anilines is 1. The van der Waals surface area contributed by atoms with Crippen LogP contribution in [-0.2, 0) is 0 Å². The molecule has 1 saturated carbocycles. The van der Waals surface area contributed by atoms with Crippen molar-refractivity contribution in [2.45, 2.75) is 32.6 Å². The number of hydrogen-bond acceptors (Lipinski definition) is 5. The third kappa shape index (κ3) is 3.64. The van der Waals surface area contributed by atoms with E-state index in [0.29, 0.717) is 18.4 Å². The smallest absolute Gasteiger partial charge is 0.162 e. The van der Waals surface area contributed by atoms with Crippen LogP contribution in [0.25, 0.3) is 45.0 Å². The van der Waals surface area contributed by atoms with Crippen molar-refractivity contribution >= 4 is 39.4 Å². The van der Waals surface area contributed by atoms with Crippen LogP contribution in [0.15, 0.2) is 49.2 Å². The SMILES string of the molecule is C=C/C(=c1/c(N2CC[C@H](CN)C2)nc(-c2ccnc3[nH]c4ccccc4c23)n/c1=C/C)C1CCC1. The molecule has 0 bridgehead atoms. The fourth-order valence-corrected chi connectivity index (χ4v) is 5.66. The van der Waals surface area contributed by atoms with E-state index in [1.54, 1.807) is 0 Å². The summed E-state index contributed by atoms with van der Waals surface area (Å²) < 4.78 is 0. The highest BCUT2D eigenvalue weighted by Gasteiger charge is 2.28. The van der Waals surface area contributed by atoms with E-state index in [0.717, 1.165) is 69.2 Å². The number of benzene rings is 1. The third-order valence-electron chi connectivity index (χ3n) is 7.81. The molecule has 1 aliphatic heterocycles. The standard InChI is InChI=1S/C29H32N6/c1-3-20(19-8-7-9-19)26-23(4-2)32-27(34-29(26)35-15-13-18(16-30)17-35)22-12-14-31-28-25(22)21-10-5-6-11-24(21)33-28/h3-6,10-12,14,18-19H,1,7-9,13,15-17,30H2,2H3,(H,31,33)/b23-4+,26-20-/t18-/m1/s1. The molecule has 1 saturated heterocycles. The zero-order valence-electron chi connectivity index (χ0n) is 20.3. The fraction of sp³-hybridized carbons (Fsp3) is 0.345. The first-order chi connectivity index (χ1) is 17.2. The first-order valence-corrected chi connectivity index (χ1v) is 12.7. The molecule has 178 valence electrons. The molecule has 6 heteroatoms. The van der Waals surface area contributed by atoms with Gasteiger partial charge in [-0.2, -0.15) is 0 Å².